The van der Waals surface area contributed by atoms with Gasteiger partial charge in [-0.15, -0.1) is 0 Å². The Morgan fingerprint density at radius 3 is 2.39 bits per heavy atom. The Morgan fingerprint density at radius 1 is 1.04 bits per heavy atom. The molecule has 0 aliphatic heterocycles. The van der Waals surface area contributed by atoms with Crippen LogP contribution in [0.15, 0.2) is 54.6 Å². The van der Waals surface area contributed by atoms with Crippen LogP contribution in [0.4, 0.5) is 17.6 Å². The lowest BCUT2D eigenvalue weighted by atomic mass is 10.0. The Labute approximate surface area is 130 Å². The second-order valence-electron chi connectivity index (χ2n) is 4.90. The van der Waals surface area contributed by atoms with Crippen LogP contribution in [0.1, 0.15) is 22.3 Å². The summed E-state index contributed by atoms with van der Waals surface area (Å²) in [5, 5.41) is 0. The average Bonchev–Trinajstić information content (AvgIpc) is 2.53. The van der Waals surface area contributed by atoms with Gasteiger partial charge in [0.2, 0.25) is 0 Å². The van der Waals surface area contributed by atoms with Crippen LogP contribution in [0.25, 0.3) is 0 Å². The fourth-order valence-electron chi connectivity index (χ4n) is 1.98. The Balaban J connectivity index is 2.03. The van der Waals surface area contributed by atoms with E-state index in [0.29, 0.717) is 6.42 Å². The zero-order valence-corrected chi connectivity index (χ0v) is 12.0. The molecule has 0 aliphatic rings. The number of hydrogen-bond donors (Lipinski definition) is 0. The van der Waals surface area contributed by atoms with E-state index in [4.69, 9.17) is 0 Å². The van der Waals surface area contributed by atoms with E-state index in [-0.39, 0.29) is 17.8 Å². The zero-order chi connectivity index (χ0) is 16.9. The predicted octanol–water partition coefficient (Wildman–Crippen LogP) is 4.74. The van der Waals surface area contributed by atoms with Crippen molar-refractivity contribution in [1.29, 1.82) is 0 Å². The van der Waals surface area contributed by atoms with Crippen LogP contribution >= 0.6 is 0 Å². The minimum absolute atomic E-state index is 0.142. The highest BCUT2D eigenvalue weighted by atomic mass is 19.3. The average molecular weight is 326 g/mol. The van der Waals surface area contributed by atoms with Gasteiger partial charge in [0.25, 0.3) is 0 Å². The molecule has 23 heavy (non-hydrogen) atoms. The highest BCUT2D eigenvalue weighted by Crippen LogP contribution is 2.28. The molecule has 0 bridgehead atoms. The number of benzene rings is 2. The predicted molar refractivity (Wildman–Crippen MR) is 77.1 cm³/mol. The number of Topliss-reactive ketones (excluding diaryl/α,β-unsaturated/α-hetero) is 1. The van der Waals surface area contributed by atoms with Crippen LogP contribution in [0.3, 0.4) is 0 Å². The number of carbonyl (C=O) groups is 1. The molecule has 0 radical (unpaired) electrons. The number of halogens is 4. The highest BCUT2D eigenvalue weighted by molar-refractivity contribution is 5.96. The minimum Gasteiger partial charge on any atom is -0.428 e. The summed E-state index contributed by atoms with van der Waals surface area (Å²) in [5.41, 5.74) is 1.11. The van der Waals surface area contributed by atoms with Crippen molar-refractivity contribution in [2.24, 2.45) is 0 Å². The van der Waals surface area contributed by atoms with Gasteiger partial charge in [-0.05, 0) is 24.1 Å². The first-order valence-electron chi connectivity index (χ1n) is 6.90. The maximum atomic E-state index is 12.9. The maximum Gasteiger partial charge on any atom is 0.461 e. The first-order chi connectivity index (χ1) is 10.9. The lowest BCUT2D eigenvalue weighted by molar-refractivity contribution is -0.253. The normalized spacial score (nSPS) is 11.5. The standard InChI is InChI=1S/C17H14F4O2/c18-16(19)17(20,21)23-14-8-4-7-13(11-14)15(22)10-9-12-5-2-1-3-6-12/h1-8,11,16H,9-10H2. The summed E-state index contributed by atoms with van der Waals surface area (Å²) in [6.45, 7) is 0. The summed E-state index contributed by atoms with van der Waals surface area (Å²) in [5.74, 6) is -0.750. The van der Waals surface area contributed by atoms with Gasteiger partial charge in [0, 0.05) is 12.0 Å². The van der Waals surface area contributed by atoms with Crippen LogP contribution < -0.4 is 4.74 Å². The van der Waals surface area contributed by atoms with Gasteiger partial charge in [0.1, 0.15) is 5.75 Å². The fraction of sp³-hybridized carbons (Fsp3) is 0.235. The minimum atomic E-state index is -4.59. The lowest BCUT2D eigenvalue weighted by Crippen LogP contribution is -2.33. The molecule has 0 heterocycles. The van der Waals surface area contributed by atoms with Gasteiger partial charge in [-0.1, -0.05) is 42.5 Å². The van der Waals surface area contributed by atoms with Crippen LogP contribution in [0.5, 0.6) is 5.75 Å². The second-order valence-corrected chi connectivity index (χ2v) is 4.90. The Morgan fingerprint density at radius 2 is 1.74 bits per heavy atom. The molecular weight excluding hydrogens is 312 g/mol. The lowest BCUT2D eigenvalue weighted by Gasteiger charge is -2.17. The molecule has 6 heteroatoms. The van der Waals surface area contributed by atoms with Crippen LogP contribution in [-0.2, 0) is 6.42 Å². The molecule has 0 saturated heterocycles. The van der Waals surface area contributed by atoms with Crippen molar-refractivity contribution in [2.75, 3.05) is 0 Å². The quantitative estimate of drug-likeness (QED) is 0.543. The molecule has 0 fully saturated rings. The van der Waals surface area contributed by atoms with Crippen LogP contribution in [0.2, 0.25) is 0 Å². The molecule has 0 atom stereocenters. The molecule has 0 spiro atoms. The van der Waals surface area contributed by atoms with Gasteiger partial charge in [-0.3, -0.25) is 4.79 Å². The summed E-state index contributed by atoms with van der Waals surface area (Å²) in [6.07, 6.45) is -7.86. The maximum absolute atomic E-state index is 12.9. The van der Waals surface area contributed by atoms with E-state index in [0.717, 1.165) is 17.7 Å². The topological polar surface area (TPSA) is 26.3 Å². The van der Waals surface area contributed by atoms with Crippen molar-refractivity contribution < 1.29 is 27.1 Å². The molecule has 2 nitrogen and oxygen atoms in total. The van der Waals surface area contributed by atoms with Crippen molar-refractivity contribution in [2.45, 2.75) is 25.4 Å². The molecule has 0 unspecified atom stereocenters. The second kappa shape index (κ2) is 7.26. The van der Waals surface area contributed by atoms with Gasteiger partial charge in [0.15, 0.2) is 5.78 Å². The number of hydrogen-bond acceptors (Lipinski definition) is 2. The van der Waals surface area contributed by atoms with E-state index in [1.807, 2.05) is 30.3 Å². The van der Waals surface area contributed by atoms with E-state index < -0.39 is 18.3 Å². The summed E-state index contributed by atoms with van der Waals surface area (Å²) in [7, 11) is 0. The Hall–Kier alpha value is -2.37. The Kier molecular flexibility index (Phi) is 5.36. The molecule has 2 aromatic rings. The Bertz CT molecular complexity index is 657. The monoisotopic (exact) mass is 326 g/mol. The first kappa shape index (κ1) is 17.0. The summed E-state index contributed by atoms with van der Waals surface area (Å²) >= 11 is 0. The third kappa shape index (κ3) is 4.81. The third-order valence-corrected chi connectivity index (χ3v) is 3.15. The largest absolute Gasteiger partial charge is 0.461 e. The molecule has 0 amide bonds. The number of carbonyl (C=O) groups excluding carboxylic acids is 1. The van der Waals surface area contributed by atoms with Gasteiger partial charge in [-0.2, -0.15) is 17.6 Å². The molecule has 0 saturated carbocycles. The van der Waals surface area contributed by atoms with Crippen molar-refractivity contribution in [3.05, 3.63) is 65.7 Å². The SMILES string of the molecule is O=C(CCc1ccccc1)c1cccc(OC(F)(F)C(F)F)c1. The first-order valence-corrected chi connectivity index (χ1v) is 6.90. The van der Waals surface area contributed by atoms with Crippen molar-refractivity contribution in [3.8, 4) is 5.75 Å². The highest BCUT2D eigenvalue weighted by Gasteiger charge is 2.44. The molecule has 0 aliphatic carbocycles. The van der Waals surface area contributed by atoms with Crippen molar-refractivity contribution in [3.63, 3.8) is 0 Å². The van der Waals surface area contributed by atoms with E-state index in [1.165, 1.54) is 12.1 Å². The molecule has 122 valence electrons. The van der Waals surface area contributed by atoms with E-state index in [2.05, 4.69) is 4.74 Å². The smallest absolute Gasteiger partial charge is 0.428 e. The van der Waals surface area contributed by atoms with Crippen LogP contribution in [-0.4, -0.2) is 18.3 Å². The zero-order valence-electron chi connectivity index (χ0n) is 12.0. The fourth-order valence-corrected chi connectivity index (χ4v) is 1.98. The number of ether oxygens (including phenoxy) is 1. The molecule has 0 aromatic heterocycles. The van der Waals surface area contributed by atoms with Gasteiger partial charge < -0.3 is 4.74 Å². The number of rotatable bonds is 7. The van der Waals surface area contributed by atoms with E-state index in [1.54, 1.807) is 0 Å². The molecular formula is C17H14F4O2. The van der Waals surface area contributed by atoms with Crippen molar-refractivity contribution >= 4 is 5.78 Å². The molecule has 2 aromatic carbocycles. The number of aryl methyl sites for hydroxylation is 1. The van der Waals surface area contributed by atoms with Gasteiger partial charge >= 0.3 is 12.5 Å². The summed E-state index contributed by atoms with van der Waals surface area (Å²) in [6, 6.07) is 14.2. The van der Waals surface area contributed by atoms with Crippen LogP contribution in [0, 0.1) is 0 Å². The van der Waals surface area contributed by atoms with Crippen molar-refractivity contribution in [1.82, 2.24) is 0 Å². The van der Waals surface area contributed by atoms with E-state index >= 15 is 0 Å². The molecule has 0 N–H and O–H groups in total. The summed E-state index contributed by atoms with van der Waals surface area (Å²) < 4.78 is 54.0. The van der Waals surface area contributed by atoms with Gasteiger partial charge in [0.05, 0.1) is 0 Å². The molecule has 2 rings (SSSR count). The third-order valence-electron chi connectivity index (χ3n) is 3.15. The number of ketones is 1. The van der Waals surface area contributed by atoms with E-state index in [9.17, 15) is 22.4 Å². The summed E-state index contributed by atoms with van der Waals surface area (Å²) in [4.78, 5) is 12.1. The van der Waals surface area contributed by atoms with Gasteiger partial charge in [-0.25, -0.2) is 0 Å². The number of alkyl halides is 4.